The highest BCUT2D eigenvalue weighted by atomic mass is 35.5. The van der Waals surface area contributed by atoms with Crippen LogP contribution < -0.4 is 16.7 Å². The lowest BCUT2D eigenvalue weighted by Gasteiger charge is -2.11. The quantitative estimate of drug-likeness (QED) is 0.641. The number of nitrogens with one attached hydrogen (secondary N) is 2. The topological polar surface area (TPSA) is 99.5 Å². The van der Waals surface area contributed by atoms with Crippen LogP contribution in [0.1, 0.15) is 22.9 Å². The molecule has 26 heavy (non-hydrogen) atoms. The number of aromatic amines is 1. The van der Waals surface area contributed by atoms with Gasteiger partial charge in [-0.15, -0.1) is 11.3 Å². The van der Waals surface area contributed by atoms with Gasteiger partial charge in [-0.2, -0.15) is 5.10 Å². The predicted molar refractivity (Wildman–Crippen MR) is 101 cm³/mol. The molecule has 0 saturated carbocycles. The Labute approximate surface area is 156 Å². The molecule has 9 heteroatoms. The van der Waals surface area contributed by atoms with Gasteiger partial charge in [-0.3, -0.25) is 9.78 Å². The maximum Gasteiger partial charge on any atom is 0.335 e. The summed E-state index contributed by atoms with van der Waals surface area (Å²) in [5.41, 5.74) is 2.24. The third-order valence-electron chi connectivity index (χ3n) is 4.08. The highest BCUT2D eigenvalue weighted by Crippen LogP contribution is 2.29. The monoisotopic (exact) mass is 388 g/mol. The predicted octanol–water partition coefficient (Wildman–Crippen LogP) is 2.39. The van der Waals surface area contributed by atoms with E-state index in [-0.39, 0.29) is 11.6 Å². The van der Waals surface area contributed by atoms with Crippen molar-refractivity contribution in [3.63, 3.8) is 0 Å². The smallest absolute Gasteiger partial charge is 0.335 e. The third kappa shape index (κ3) is 2.83. The molecule has 0 bridgehead atoms. The second-order valence-electron chi connectivity index (χ2n) is 5.73. The Hall–Kier alpha value is -2.84. The van der Waals surface area contributed by atoms with Gasteiger partial charge < -0.3 is 10.5 Å². The Morgan fingerprint density at radius 1 is 1.27 bits per heavy atom. The molecular weight excluding hydrogens is 376 g/mol. The Morgan fingerprint density at radius 3 is 2.85 bits per heavy atom. The number of thiophene rings is 1. The number of hydrazone groups is 1. The van der Waals surface area contributed by atoms with Crippen molar-refractivity contribution in [2.24, 2.45) is 5.10 Å². The lowest BCUT2D eigenvalue weighted by Crippen LogP contribution is -2.33. The molecule has 3 heterocycles. The summed E-state index contributed by atoms with van der Waals surface area (Å²) in [6.45, 7) is 0. The molecule has 4 rings (SSSR count). The molecule has 1 aliphatic heterocycles. The molecule has 0 spiro atoms. The van der Waals surface area contributed by atoms with Crippen LogP contribution in [0.3, 0.4) is 0 Å². The molecule has 1 aliphatic rings. The zero-order valence-electron chi connectivity index (χ0n) is 13.3. The first-order valence-electron chi connectivity index (χ1n) is 7.74. The van der Waals surface area contributed by atoms with E-state index in [0.717, 1.165) is 9.44 Å². The van der Waals surface area contributed by atoms with Crippen molar-refractivity contribution in [1.29, 1.82) is 0 Å². The molecule has 132 valence electrons. The molecule has 1 atom stereocenters. The summed E-state index contributed by atoms with van der Waals surface area (Å²) in [7, 11) is 0. The van der Waals surface area contributed by atoms with Gasteiger partial charge in [0.05, 0.1) is 17.4 Å². The van der Waals surface area contributed by atoms with Gasteiger partial charge in [-0.25, -0.2) is 9.36 Å². The number of rotatable bonds is 3. The molecule has 3 N–H and O–H groups in total. The number of hydrogen-bond donors (Lipinski definition) is 3. The summed E-state index contributed by atoms with van der Waals surface area (Å²) >= 11 is 7.55. The van der Waals surface area contributed by atoms with E-state index in [2.05, 4.69) is 15.5 Å². The first-order chi connectivity index (χ1) is 12.5. The highest BCUT2D eigenvalue weighted by molar-refractivity contribution is 7.10. The fraction of sp³-hybridized carbons (Fsp3) is 0.118. The van der Waals surface area contributed by atoms with Crippen LogP contribution in [0, 0.1) is 0 Å². The van der Waals surface area contributed by atoms with Crippen molar-refractivity contribution >= 4 is 28.6 Å². The molecule has 7 nitrogen and oxygen atoms in total. The zero-order valence-corrected chi connectivity index (χ0v) is 14.8. The van der Waals surface area contributed by atoms with Crippen LogP contribution in [0.25, 0.3) is 5.69 Å². The molecule has 3 aromatic rings. The van der Waals surface area contributed by atoms with Crippen LogP contribution >= 0.6 is 22.9 Å². The summed E-state index contributed by atoms with van der Waals surface area (Å²) in [6.07, 6.45) is 0.422. The van der Waals surface area contributed by atoms with Crippen molar-refractivity contribution in [3.8, 4) is 11.6 Å². The summed E-state index contributed by atoms with van der Waals surface area (Å²) in [6, 6.07) is 10.3. The number of nitrogens with zero attached hydrogens (tertiary/aromatic N) is 2. The second kappa shape index (κ2) is 6.47. The molecule has 0 saturated heterocycles. The van der Waals surface area contributed by atoms with Crippen LogP contribution in [-0.4, -0.2) is 20.4 Å². The number of benzene rings is 1. The van der Waals surface area contributed by atoms with Crippen LogP contribution in [0.4, 0.5) is 0 Å². The Morgan fingerprint density at radius 2 is 2.12 bits per heavy atom. The Bertz CT molecular complexity index is 1120. The van der Waals surface area contributed by atoms with Gasteiger partial charge in [0.1, 0.15) is 5.56 Å². The van der Waals surface area contributed by atoms with Crippen LogP contribution in [0.5, 0.6) is 5.88 Å². The fourth-order valence-electron chi connectivity index (χ4n) is 2.89. The van der Waals surface area contributed by atoms with E-state index in [4.69, 9.17) is 11.6 Å². The van der Waals surface area contributed by atoms with Gasteiger partial charge in [-0.1, -0.05) is 23.7 Å². The van der Waals surface area contributed by atoms with Crippen LogP contribution in [0.2, 0.25) is 5.02 Å². The van der Waals surface area contributed by atoms with Crippen LogP contribution in [0.15, 0.2) is 56.5 Å². The van der Waals surface area contributed by atoms with Crippen molar-refractivity contribution < 1.29 is 5.11 Å². The number of H-pyrrole nitrogens is 1. The first-order valence-corrected chi connectivity index (χ1v) is 9.00. The van der Waals surface area contributed by atoms with Crippen molar-refractivity contribution in [2.45, 2.75) is 12.5 Å². The first kappa shape index (κ1) is 16.6. The standard InChI is InChI=1S/C17H13ClN4O3S/c18-9-3-1-4-10(7-9)22-16(24)14(15(23)19-17(22)25)12-8-11(20-21-12)13-5-2-6-26-13/h1-7,11,20,24H,8H2,(H,19,23,25). The van der Waals surface area contributed by atoms with Gasteiger partial charge in [0.15, 0.2) is 0 Å². The highest BCUT2D eigenvalue weighted by Gasteiger charge is 2.28. The van der Waals surface area contributed by atoms with Gasteiger partial charge >= 0.3 is 5.69 Å². The Kier molecular flexibility index (Phi) is 4.14. The molecule has 0 fully saturated rings. The number of aromatic nitrogens is 2. The van der Waals surface area contributed by atoms with E-state index in [1.165, 1.54) is 6.07 Å². The maximum absolute atomic E-state index is 12.3. The van der Waals surface area contributed by atoms with Crippen LogP contribution in [-0.2, 0) is 0 Å². The minimum Gasteiger partial charge on any atom is -0.493 e. The molecule has 0 aliphatic carbocycles. The molecule has 1 aromatic carbocycles. The third-order valence-corrected chi connectivity index (χ3v) is 5.30. The molecule has 0 amide bonds. The van der Waals surface area contributed by atoms with Crippen molar-refractivity contribution in [2.75, 3.05) is 0 Å². The minimum absolute atomic E-state index is 0.0314. The summed E-state index contributed by atoms with van der Waals surface area (Å²) in [5.74, 6) is -0.464. The lowest BCUT2D eigenvalue weighted by atomic mass is 10.1. The van der Waals surface area contributed by atoms with E-state index in [0.29, 0.717) is 22.8 Å². The van der Waals surface area contributed by atoms with E-state index in [1.54, 1.807) is 29.5 Å². The van der Waals surface area contributed by atoms with E-state index >= 15 is 0 Å². The van der Waals surface area contributed by atoms with Gasteiger partial charge in [0.25, 0.3) is 5.56 Å². The van der Waals surface area contributed by atoms with Gasteiger partial charge in [0.2, 0.25) is 5.88 Å². The van der Waals surface area contributed by atoms with Gasteiger partial charge in [-0.05, 0) is 29.6 Å². The minimum atomic E-state index is -0.750. The average Bonchev–Trinajstić information content (AvgIpc) is 3.26. The van der Waals surface area contributed by atoms with Crippen molar-refractivity contribution in [1.82, 2.24) is 15.0 Å². The normalized spacial score (nSPS) is 16.3. The lowest BCUT2D eigenvalue weighted by molar-refractivity contribution is 0.429. The Balaban J connectivity index is 1.80. The average molecular weight is 389 g/mol. The largest absolute Gasteiger partial charge is 0.493 e. The van der Waals surface area contributed by atoms with Gasteiger partial charge in [0, 0.05) is 16.3 Å². The molecule has 1 unspecified atom stereocenters. The molecule has 0 radical (unpaired) electrons. The zero-order chi connectivity index (χ0) is 18.3. The maximum atomic E-state index is 12.3. The molecular formula is C17H13ClN4O3S. The second-order valence-corrected chi connectivity index (χ2v) is 7.15. The summed E-state index contributed by atoms with van der Waals surface area (Å²) in [5, 5.41) is 17.2. The van der Waals surface area contributed by atoms with E-state index in [9.17, 15) is 14.7 Å². The summed E-state index contributed by atoms with van der Waals surface area (Å²) < 4.78 is 1.00. The van der Waals surface area contributed by atoms with Crippen molar-refractivity contribution in [3.05, 3.63) is 78.1 Å². The number of aromatic hydroxyl groups is 1. The number of hydrogen-bond acceptors (Lipinski definition) is 6. The number of halogens is 1. The fourth-order valence-corrected chi connectivity index (χ4v) is 3.85. The molecule has 2 aromatic heterocycles. The van der Waals surface area contributed by atoms with E-state index < -0.39 is 17.1 Å². The SMILES string of the molecule is O=c1[nH]c(=O)n(-c2cccc(Cl)c2)c(O)c1C1=NNC(c2cccs2)C1. The summed E-state index contributed by atoms with van der Waals surface area (Å²) in [4.78, 5) is 27.9. The van der Waals surface area contributed by atoms with E-state index in [1.807, 2.05) is 17.5 Å².